The summed E-state index contributed by atoms with van der Waals surface area (Å²) in [7, 11) is 1.53. The molecule has 0 atom stereocenters. The fourth-order valence-corrected chi connectivity index (χ4v) is 5.52. The van der Waals surface area contributed by atoms with Gasteiger partial charge in [-0.1, -0.05) is 47.7 Å². The molecule has 2 heterocycles. The molecule has 0 fully saturated rings. The minimum Gasteiger partial charge on any atom is -0.495 e. The number of amides is 1. The Balaban J connectivity index is 1.39. The Bertz CT molecular complexity index is 1630. The van der Waals surface area contributed by atoms with E-state index in [4.69, 9.17) is 17.0 Å². The number of nitrogens with zero attached hydrogens (tertiary/aromatic N) is 4. The minimum absolute atomic E-state index is 0.176. The van der Waals surface area contributed by atoms with Crippen molar-refractivity contribution in [3.8, 4) is 16.3 Å². The van der Waals surface area contributed by atoms with Crippen molar-refractivity contribution in [1.29, 1.82) is 0 Å². The Kier molecular flexibility index (Phi) is 6.22. The highest BCUT2D eigenvalue weighted by Gasteiger charge is 2.19. The van der Waals surface area contributed by atoms with Gasteiger partial charge in [0.25, 0.3) is 5.91 Å². The molecule has 0 radical (unpaired) electrons. The number of benzene rings is 3. The second-order valence-corrected chi connectivity index (χ2v) is 9.94. The molecule has 2 N–H and O–H groups in total. The van der Waals surface area contributed by atoms with Gasteiger partial charge in [0.15, 0.2) is 10.9 Å². The fourth-order valence-electron chi connectivity index (χ4n) is 3.70. The van der Waals surface area contributed by atoms with Gasteiger partial charge in [-0.05, 0) is 70.5 Å². The van der Waals surface area contributed by atoms with Crippen molar-refractivity contribution < 1.29 is 9.53 Å². The van der Waals surface area contributed by atoms with E-state index in [1.807, 2.05) is 56.3 Å². The van der Waals surface area contributed by atoms with Gasteiger partial charge in [-0.3, -0.25) is 10.1 Å². The highest BCUT2D eigenvalue weighted by atomic mass is 79.9. The molecule has 5 aromatic rings. The molecule has 0 aliphatic carbocycles. The minimum atomic E-state index is -0.372. The molecular weight excluding hydrogens is 548 g/mol. The predicted octanol–water partition coefficient (Wildman–Crippen LogP) is 5.52. The first-order valence-electron chi connectivity index (χ1n) is 10.5. The molecule has 1 amide bonds. The third kappa shape index (κ3) is 4.38. The van der Waals surface area contributed by atoms with Crippen LogP contribution in [0.25, 0.3) is 26.3 Å². The lowest BCUT2D eigenvalue weighted by molar-refractivity contribution is 0.0975. The number of anilines is 1. The van der Waals surface area contributed by atoms with Crippen molar-refractivity contribution in [2.75, 3.05) is 12.4 Å². The smallest absolute Gasteiger partial charge is 0.261 e. The zero-order valence-electron chi connectivity index (χ0n) is 18.9. The normalized spacial score (nSPS) is 11.1. The molecule has 11 heteroatoms. The summed E-state index contributed by atoms with van der Waals surface area (Å²) in [6.07, 6.45) is 0. The van der Waals surface area contributed by atoms with E-state index >= 15 is 0 Å². The number of aryl methyl sites for hydroxylation is 2. The van der Waals surface area contributed by atoms with Crippen LogP contribution in [0.2, 0.25) is 0 Å². The van der Waals surface area contributed by atoms with Crippen molar-refractivity contribution >= 4 is 71.9 Å². The predicted molar refractivity (Wildman–Crippen MR) is 145 cm³/mol. The van der Waals surface area contributed by atoms with E-state index in [1.165, 1.54) is 18.4 Å². The first kappa shape index (κ1) is 23.3. The summed E-state index contributed by atoms with van der Waals surface area (Å²) in [5.74, 6) is 0.803. The van der Waals surface area contributed by atoms with Gasteiger partial charge < -0.3 is 10.1 Å². The SMILES string of the molecule is COc1c(C(=O)NC(=S)Nc2cc(-c3nn4c(C)nnc4s3)ccc2C)cc2ccccc2c1Br. The summed E-state index contributed by atoms with van der Waals surface area (Å²) in [6.45, 7) is 3.82. The lowest BCUT2D eigenvalue weighted by Crippen LogP contribution is -2.34. The van der Waals surface area contributed by atoms with Crippen LogP contribution in [0, 0.1) is 13.8 Å². The van der Waals surface area contributed by atoms with Gasteiger partial charge in [0, 0.05) is 11.3 Å². The summed E-state index contributed by atoms with van der Waals surface area (Å²) < 4.78 is 7.96. The first-order chi connectivity index (χ1) is 16.9. The number of halogens is 1. The molecule has 0 aliphatic rings. The molecule has 35 heavy (non-hydrogen) atoms. The van der Waals surface area contributed by atoms with Gasteiger partial charge >= 0.3 is 0 Å². The van der Waals surface area contributed by atoms with Crippen molar-refractivity contribution in [2.24, 2.45) is 0 Å². The van der Waals surface area contributed by atoms with E-state index in [9.17, 15) is 4.79 Å². The van der Waals surface area contributed by atoms with Gasteiger partial charge in [-0.15, -0.1) is 10.2 Å². The third-order valence-electron chi connectivity index (χ3n) is 5.50. The molecular formula is C24H19BrN6O2S2. The zero-order chi connectivity index (χ0) is 24.7. The maximum absolute atomic E-state index is 13.1. The molecule has 0 saturated heterocycles. The summed E-state index contributed by atoms with van der Waals surface area (Å²) in [5.41, 5.74) is 3.02. The average molecular weight is 567 g/mol. The molecule has 0 saturated carbocycles. The molecule has 0 spiro atoms. The molecule has 0 unspecified atom stereocenters. The molecule has 8 nitrogen and oxygen atoms in total. The Labute approximate surface area is 218 Å². The number of methoxy groups -OCH3 is 1. The second kappa shape index (κ2) is 9.33. The van der Waals surface area contributed by atoms with E-state index in [1.54, 1.807) is 10.6 Å². The van der Waals surface area contributed by atoms with Crippen LogP contribution in [0.3, 0.4) is 0 Å². The third-order valence-corrected chi connectivity index (χ3v) is 7.44. The van der Waals surface area contributed by atoms with Crippen molar-refractivity contribution in [3.63, 3.8) is 0 Å². The maximum Gasteiger partial charge on any atom is 0.261 e. The topological polar surface area (TPSA) is 93.4 Å². The number of rotatable bonds is 4. The number of nitrogens with one attached hydrogen (secondary N) is 2. The van der Waals surface area contributed by atoms with E-state index in [0.29, 0.717) is 15.8 Å². The van der Waals surface area contributed by atoms with Crippen LogP contribution in [0.15, 0.2) is 53.0 Å². The Morgan fingerprint density at radius 1 is 1.14 bits per heavy atom. The molecule has 0 bridgehead atoms. The number of carbonyl (C=O) groups is 1. The van der Waals surface area contributed by atoms with E-state index in [-0.39, 0.29) is 11.0 Å². The van der Waals surface area contributed by atoms with E-state index < -0.39 is 0 Å². The van der Waals surface area contributed by atoms with Crippen LogP contribution in [-0.4, -0.2) is 37.9 Å². The first-order valence-corrected chi connectivity index (χ1v) is 12.5. The number of ether oxygens (including phenoxy) is 1. The Hall–Kier alpha value is -3.41. The summed E-state index contributed by atoms with van der Waals surface area (Å²) in [4.78, 5) is 13.9. The summed E-state index contributed by atoms with van der Waals surface area (Å²) in [6, 6.07) is 15.5. The Morgan fingerprint density at radius 2 is 1.94 bits per heavy atom. The van der Waals surface area contributed by atoms with Gasteiger partial charge in [-0.2, -0.15) is 9.61 Å². The van der Waals surface area contributed by atoms with Crippen LogP contribution in [0.5, 0.6) is 5.75 Å². The maximum atomic E-state index is 13.1. The summed E-state index contributed by atoms with van der Waals surface area (Å²) >= 11 is 10.5. The number of fused-ring (bicyclic) bond motifs is 2. The highest BCUT2D eigenvalue weighted by molar-refractivity contribution is 9.10. The van der Waals surface area contributed by atoms with Crippen LogP contribution in [-0.2, 0) is 0 Å². The average Bonchev–Trinajstić information content (AvgIpc) is 3.42. The molecule has 5 rings (SSSR count). The second-order valence-electron chi connectivity index (χ2n) is 7.78. The van der Waals surface area contributed by atoms with Crippen molar-refractivity contribution in [3.05, 3.63) is 70.0 Å². The Morgan fingerprint density at radius 3 is 2.71 bits per heavy atom. The largest absolute Gasteiger partial charge is 0.495 e. The van der Waals surface area contributed by atoms with Crippen LogP contribution >= 0.6 is 39.5 Å². The molecule has 176 valence electrons. The fraction of sp³-hybridized carbons (Fsp3) is 0.125. The van der Waals surface area contributed by atoms with Crippen LogP contribution in [0.4, 0.5) is 5.69 Å². The number of thiocarbonyl (C=S) groups is 1. The quantitative estimate of drug-likeness (QED) is 0.276. The molecule has 0 aliphatic heterocycles. The number of carbonyl (C=O) groups excluding carboxylic acids is 1. The monoisotopic (exact) mass is 566 g/mol. The van der Waals surface area contributed by atoms with Gasteiger partial charge in [0.05, 0.1) is 17.1 Å². The van der Waals surface area contributed by atoms with Gasteiger partial charge in [-0.25, -0.2) is 0 Å². The van der Waals surface area contributed by atoms with Crippen molar-refractivity contribution in [1.82, 2.24) is 25.1 Å². The number of hydrogen-bond donors (Lipinski definition) is 2. The number of hydrogen-bond acceptors (Lipinski definition) is 7. The van der Waals surface area contributed by atoms with Gasteiger partial charge in [0.1, 0.15) is 10.8 Å². The van der Waals surface area contributed by atoms with E-state index in [2.05, 4.69) is 41.9 Å². The standard InChI is InChI=1S/C24H19BrN6O2S2/c1-12-8-9-15(22-30-31-13(2)28-29-24(31)35-22)11-18(12)26-23(34)27-21(32)17-10-14-6-4-5-7-16(14)19(25)20(17)33-3/h4-11H,1-3H3,(H2,26,27,32,34). The van der Waals surface area contributed by atoms with Crippen molar-refractivity contribution in [2.45, 2.75) is 13.8 Å². The van der Waals surface area contributed by atoms with E-state index in [0.717, 1.165) is 43.4 Å². The van der Waals surface area contributed by atoms with Gasteiger partial charge in [0.2, 0.25) is 4.96 Å². The lowest BCUT2D eigenvalue weighted by Gasteiger charge is -2.15. The van der Waals surface area contributed by atoms with Crippen LogP contribution in [0.1, 0.15) is 21.7 Å². The van der Waals surface area contributed by atoms with Crippen LogP contribution < -0.4 is 15.4 Å². The molecule has 2 aromatic heterocycles. The number of aromatic nitrogens is 4. The molecule has 3 aromatic carbocycles. The zero-order valence-corrected chi connectivity index (χ0v) is 22.1. The summed E-state index contributed by atoms with van der Waals surface area (Å²) in [5, 5.41) is 21.5. The lowest BCUT2D eigenvalue weighted by atomic mass is 10.1. The highest BCUT2D eigenvalue weighted by Crippen LogP contribution is 2.36.